The number of hydrogen-bond donors (Lipinski definition) is 2. The molecule has 3 rings (SSSR count). The lowest BCUT2D eigenvalue weighted by atomic mass is 9.92. The Balaban J connectivity index is 1.96. The van der Waals surface area contributed by atoms with Crippen LogP contribution in [0.4, 0.5) is 5.82 Å². The van der Waals surface area contributed by atoms with E-state index in [1.165, 1.54) is 6.42 Å². The molecule has 0 aliphatic heterocycles. The molecule has 0 unspecified atom stereocenters. The molecule has 96 valence electrons. The molecule has 4 nitrogen and oxygen atoms in total. The van der Waals surface area contributed by atoms with Crippen molar-refractivity contribution in [3.63, 3.8) is 0 Å². The monoisotopic (exact) mass is 283 g/mol. The number of aromatic nitrogens is 2. The van der Waals surface area contributed by atoms with E-state index < -0.39 is 5.72 Å². The molecule has 0 saturated heterocycles. The van der Waals surface area contributed by atoms with Crippen molar-refractivity contribution < 1.29 is 5.11 Å². The van der Waals surface area contributed by atoms with Gasteiger partial charge in [0.2, 0.25) is 5.28 Å². The van der Waals surface area contributed by atoms with Crippen LogP contribution in [0.5, 0.6) is 0 Å². The molecule has 0 bridgehead atoms. The smallest absolute Gasteiger partial charge is 0.224 e. The van der Waals surface area contributed by atoms with Crippen LogP contribution in [0.1, 0.15) is 32.1 Å². The Morgan fingerprint density at radius 3 is 2.83 bits per heavy atom. The first-order valence-electron chi connectivity index (χ1n) is 6.08. The summed E-state index contributed by atoms with van der Waals surface area (Å²) < 4.78 is 0.943. The van der Waals surface area contributed by atoms with E-state index in [4.69, 9.17) is 11.6 Å². The predicted octanol–water partition coefficient (Wildman–Crippen LogP) is 3.41. The minimum Gasteiger partial charge on any atom is -0.371 e. The normalized spacial score (nSPS) is 19.0. The molecule has 0 spiro atoms. The van der Waals surface area contributed by atoms with Gasteiger partial charge in [-0.1, -0.05) is 6.42 Å². The first-order valence-corrected chi connectivity index (χ1v) is 7.33. The number of halogens is 1. The maximum absolute atomic E-state index is 10.5. The predicted molar refractivity (Wildman–Crippen MR) is 74.1 cm³/mol. The van der Waals surface area contributed by atoms with Gasteiger partial charge in [0.25, 0.3) is 0 Å². The first kappa shape index (κ1) is 12.1. The van der Waals surface area contributed by atoms with E-state index in [1.807, 2.05) is 11.4 Å². The van der Waals surface area contributed by atoms with Gasteiger partial charge in [0.15, 0.2) is 5.82 Å². The van der Waals surface area contributed by atoms with Crippen LogP contribution in [0, 0.1) is 0 Å². The number of nitrogens with zero attached hydrogens (tertiary/aromatic N) is 2. The molecule has 0 amide bonds. The van der Waals surface area contributed by atoms with Crippen LogP contribution in [0.2, 0.25) is 5.28 Å². The summed E-state index contributed by atoms with van der Waals surface area (Å²) in [5, 5.41) is 15.8. The number of aliphatic hydroxyl groups is 1. The lowest BCUT2D eigenvalue weighted by Crippen LogP contribution is -2.40. The lowest BCUT2D eigenvalue weighted by molar-refractivity contribution is 0.0315. The Hall–Kier alpha value is -0.910. The summed E-state index contributed by atoms with van der Waals surface area (Å²) in [4.78, 5) is 8.36. The molecule has 6 heteroatoms. The highest BCUT2D eigenvalue weighted by atomic mass is 35.5. The van der Waals surface area contributed by atoms with Gasteiger partial charge in [-0.15, -0.1) is 11.3 Å². The highest BCUT2D eigenvalue weighted by Gasteiger charge is 2.30. The van der Waals surface area contributed by atoms with Crippen LogP contribution >= 0.6 is 22.9 Å². The summed E-state index contributed by atoms with van der Waals surface area (Å²) in [5.74, 6) is 0.643. The van der Waals surface area contributed by atoms with E-state index in [9.17, 15) is 5.11 Å². The fourth-order valence-electron chi connectivity index (χ4n) is 2.40. The molecule has 2 heterocycles. The van der Waals surface area contributed by atoms with Crippen molar-refractivity contribution in [3.8, 4) is 0 Å². The van der Waals surface area contributed by atoms with Gasteiger partial charge in [0, 0.05) is 0 Å². The average Bonchev–Trinajstić information content (AvgIpc) is 2.77. The van der Waals surface area contributed by atoms with Crippen molar-refractivity contribution in [2.75, 3.05) is 5.32 Å². The van der Waals surface area contributed by atoms with E-state index >= 15 is 0 Å². The third-order valence-electron chi connectivity index (χ3n) is 3.31. The summed E-state index contributed by atoms with van der Waals surface area (Å²) in [6.07, 6.45) is 4.76. The number of rotatable bonds is 2. The van der Waals surface area contributed by atoms with Crippen molar-refractivity contribution >= 4 is 39.0 Å². The van der Waals surface area contributed by atoms with Crippen LogP contribution < -0.4 is 5.32 Å². The molecule has 1 aliphatic rings. The van der Waals surface area contributed by atoms with E-state index in [1.54, 1.807) is 11.3 Å². The van der Waals surface area contributed by atoms with E-state index in [-0.39, 0.29) is 5.28 Å². The summed E-state index contributed by atoms with van der Waals surface area (Å²) in [6.45, 7) is 0. The van der Waals surface area contributed by atoms with Gasteiger partial charge in [-0.2, -0.15) is 4.98 Å². The molecular weight excluding hydrogens is 270 g/mol. The van der Waals surface area contributed by atoms with Crippen LogP contribution in [-0.4, -0.2) is 20.8 Å². The Labute approximate surface area is 114 Å². The van der Waals surface area contributed by atoms with Crippen molar-refractivity contribution in [2.24, 2.45) is 0 Å². The van der Waals surface area contributed by atoms with Gasteiger partial charge < -0.3 is 10.4 Å². The molecule has 0 aromatic carbocycles. The van der Waals surface area contributed by atoms with Crippen molar-refractivity contribution in [2.45, 2.75) is 37.8 Å². The topological polar surface area (TPSA) is 58.0 Å². The van der Waals surface area contributed by atoms with Crippen LogP contribution in [-0.2, 0) is 0 Å². The van der Waals surface area contributed by atoms with Gasteiger partial charge in [-0.05, 0) is 48.7 Å². The van der Waals surface area contributed by atoms with Crippen LogP contribution in [0.15, 0.2) is 11.4 Å². The number of anilines is 1. The molecule has 0 radical (unpaired) electrons. The summed E-state index contributed by atoms with van der Waals surface area (Å²) in [6, 6.07) is 1.91. The molecule has 0 atom stereocenters. The molecule has 1 fully saturated rings. The maximum atomic E-state index is 10.5. The van der Waals surface area contributed by atoms with E-state index in [0.717, 1.165) is 35.9 Å². The number of hydrogen-bond acceptors (Lipinski definition) is 5. The van der Waals surface area contributed by atoms with Gasteiger partial charge in [0.05, 0.1) is 10.2 Å². The SMILES string of the molecule is OC1(Nc2nc(Cl)nc3ccsc23)CCCCC1. The highest BCUT2D eigenvalue weighted by Crippen LogP contribution is 2.33. The van der Waals surface area contributed by atoms with Gasteiger partial charge in [-0.25, -0.2) is 4.98 Å². The zero-order chi connectivity index (χ0) is 12.6. The molecule has 2 N–H and O–H groups in total. The minimum atomic E-state index is -0.854. The van der Waals surface area contributed by atoms with Crippen molar-refractivity contribution in [1.29, 1.82) is 0 Å². The molecule has 2 aromatic rings. The van der Waals surface area contributed by atoms with E-state index in [0.29, 0.717) is 5.82 Å². The molecule has 2 aromatic heterocycles. The molecule has 1 saturated carbocycles. The second kappa shape index (κ2) is 4.64. The van der Waals surface area contributed by atoms with Crippen LogP contribution in [0.25, 0.3) is 10.2 Å². The number of nitrogens with one attached hydrogen (secondary N) is 1. The maximum Gasteiger partial charge on any atom is 0.224 e. The number of fused-ring (bicyclic) bond motifs is 1. The van der Waals surface area contributed by atoms with Gasteiger partial charge in [-0.3, -0.25) is 0 Å². The van der Waals surface area contributed by atoms with Crippen molar-refractivity contribution in [1.82, 2.24) is 9.97 Å². The zero-order valence-electron chi connectivity index (χ0n) is 9.82. The average molecular weight is 284 g/mol. The summed E-state index contributed by atoms with van der Waals surface area (Å²) >= 11 is 7.46. The third kappa shape index (κ3) is 2.30. The lowest BCUT2D eigenvalue weighted by Gasteiger charge is -2.33. The van der Waals surface area contributed by atoms with Gasteiger partial charge >= 0.3 is 0 Å². The minimum absolute atomic E-state index is 0.211. The summed E-state index contributed by atoms with van der Waals surface area (Å²) in [7, 11) is 0. The largest absolute Gasteiger partial charge is 0.371 e. The van der Waals surface area contributed by atoms with Crippen LogP contribution in [0.3, 0.4) is 0 Å². The Kier molecular flexibility index (Phi) is 3.13. The second-order valence-electron chi connectivity index (χ2n) is 4.69. The molecule has 18 heavy (non-hydrogen) atoms. The third-order valence-corrected chi connectivity index (χ3v) is 4.39. The fraction of sp³-hybridized carbons (Fsp3) is 0.500. The Bertz CT molecular complexity index is 565. The summed E-state index contributed by atoms with van der Waals surface area (Å²) in [5.41, 5.74) is -0.0331. The second-order valence-corrected chi connectivity index (χ2v) is 5.95. The van der Waals surface area contributed by atoms with Gasteiger partial charge in [0.1, 0.15) is 5.72 Å². The van der Waals surface area contributed by atoms with Crippen molar-refractivity contribution in [3.05, 3.63) is 16.7 Å². The number of thiophene rings is 1. The van der Waals surface area contributed by atoms with E-state index in [2.05, 4.69) is 15.3 Å². The Morgan fingerprint density at radius 2 is 2.06 bits per heavy atom. The molecule has 1 aliphatic carbocycles. The zero-order valence-corrected chi connectivity index (χ0v) is 11.4. The standard InChI is InChI=1S/C12H14ClN3OS/c13-11-14-8-4-7-18-9(8)10(15-11)16-12(17)5-2-1-3-6-12/h4,7,17H,1-3,5-6H2,(H,14,15,16). The Morgan fingerprint density at radius 1 is 1.28 bits per heavy atom. The highest BCUT2D eigenvalue weighted by molar-refractivity contribution is 7.17. The quantitative estimate of drug-likeness (QED) is 0.655. The first-order chi connectivity index (χ1) is 8.66. The molecular formula is C12H14ClN3OS. The fourth-order valence-corrected chi connectivity index (χ4v) is 3.35.